The van der Waals surface area contributed by atoms with Crippen LogP contribution in [0.15, 0.2) is 12.3 Å². The van der Waals surface area contributed by atoms with E-state index in [0.29, 0.717) is 17.9 Å². The van der Waals surface area contributed by atoms with Crippen LogP contribution in [0.1, 0.15) is 33.1 Å². The molecular formula is C13H21N3O. The molecule has 0 radical (unpaired) electrons. The zero-order valence-electron chi connectivity index (χ0n) is 10.8. The van der Waals surface area contributed by atoms with Crippen molar-refractivity contribution in [3.63, 3.8) is 0 Å². The predicted molar refractivity (Wildman–Crippen MR) is 68.2 cm³/mol. The predicted octanol–water partition coefficient (Wildman–Crippen LogP) is 2.72. The van der Waals surface area contributed by atoms with Crippen LogP contribution in [0.25, 0.3) is 0 Å². The summed E-state index contributed by atoms with van der Waals surface area (Å²) in [6.45, 7) is 4.63. The Balaban J connectivity index is 1.96. The average Bonchev–Trinajstić information content (AvgIpc) is 2.34. The molecule has 3 unspecified atom stereocenters. The SMILES string of the molecule is CNc1nccc(OC2CCC(C)C(C)C2)n1. The lowest BCUT2D eigenvalue weighted by atomic mass is 9.80. The van der Waals surface area contributed by atoms with Gasteiger partial charge in [-0.2, -0.15) is 4.98 Å². The normalized spacial score (nSPS) is 28.8. The quantitative estimate of drug-likeness (QED) is 0.875. The first-order valence-electron chi connectivity index (χ1n) is 6.36. The van der Waals surface area contributed by atoms with E-state index < -0.39 is 0 Å². The van der Waals surface area contributed by atoms with E-state index in [-0.39, 0.29) is 0 Å². The molecule has 1 N–H and O–H groups in total. The van der Waals surface area contributed by atoms with Crippen LogP contribution in [-0.2, 0) is 0 Å². The molecule has 1 saturated carbocycles. The molecule has 0 saturated heterocycles. The van der Waals surface area contributed by atoms with Gasteiger partial charge in [0.25, 0.3) is 0 Å². The number of hydrogen-bond acceptors (Lipinski definition) is 4. The maximum Gasteiger partial charge on any atom is 0.225 e. The molecule has 94 valence electrons. The number of ether oxygens (including phenoxy) is 1. The lowest BCUT2D eigenvalue weighted by Crippen LogP contribution is -2.29. The van der Waals surface area contributed by atoms with E-state index in [1.807, 2.05) is 13.1 Å². The van der Waals surface area contributed by atoms with Crippen LogP contribution in [0, 0.1) is 11.8 Å². The third kappa shape index (κ3) is 3.08. The Labute approximate surface area is 103 Å². The molecule has 0 amide bonds. The van der Waals surface area contributed by atoms with Crippen LogP contribution in [0.5, 0.6) is 5.88 Å². The molecule has 3 atom stereocenters. The summed E-state index contributed by atoms with van der Waals surface area (Å²) in [4.78, 5) is 8.36. The molecule has 0 aliphatic heterocycles. The molecule has 2 rings (SSSR count). The summed E-state index contributed by atoms with van der Waals surface area (Å²) < 4.78 is 5.93. The zero-order chi connectivity index (χ0) is 12.3. The van der Waals surface area contributed by atoms with Gasteiger partial charge in [-0.05, 0) is 31.1 Å². The minimum absolute atomic E-state index is 0.306. The van der Waals surface area contributed by atoms with Crippen LogP contribution >= 0.6 is 0 Å². The van der Waals surface area contributed by atoms with Crippen LogP contribution in [0.3, 0.4) is 0 Å². The summed E-state index contributed by atoms with van der Waals surface area (Å²) in [6, 6.07) is 1.82. The maximum atomic E-state index is 5.93. The van der Waals surface area contributed by atoms with Gasteiger partial charge in [0, 0.05) is 19.3 Å². The van der Waals surface area contributed by atoms with Crippen molar-refractivity contribution >= 4 is 5.95 Å². The van der Waals surface area contributed by atoms with Crippen molar-refractivity contribution in [3.05, 3.63) is 12.3 Å². The maximum absolute atomic E-state index is 5.93. The van der Waals surface area contributed by atoms with Gasteiger partial charge in [-0.1, -0.05) is 13.8 Å². The highest BCUT2D eigenvalue weighted by atomic mass is 16.5. The van der Waals surface area contributed by atoms with Crippen molar-refractivity contribution in [2.24, 2.45) is 11.8 Å². The number of anilines is 1. The van der Waals surface area contributed by atoms with Crippen molar-refractivity contribution < 1.29 is 4.74 Å². The van der Waals surface area contributed by atoms with Gasteiger partial charge in [0.05, 0.1) is 0 Å². The van der Waals surface area contributed by atoms with Gasteiger partial charge >= 0.3 is 0 Å². The van der Waals surface area contributed by atoms with E-state index in [9.17, 15) is 0 Å². The molecule has 17 heavy (non-hydrogen) atoms. The molecule has 1 heterocycles. The Morgan fingerprint density at radius 1 is 1.29 bits per heavy atom. The first kappa shape index (κ1) is 12.1. The van der Waals surface area contributed by atoms with Gasteiger partial charge in [0.15, 0.2) is 0 Å². The summed E-state index contributed by atoms with van der Waals surface area (Å²) in [5.41, 5.74) is 0. The Hall–Kier alpha value is -1.32. The molecule has 1 aliphatic rings. The van der Waals surface area contributed by atoms with Crippen LogP contribution in [0.4, 0.5) is 5.95 Å². The molecule has 1 fully saturated rings. The first-order chi connectivity index (χ1) is 8.19. The Bertz CT molecular complexity index is 369. The van der Waals surface area contributed by atoms with Crippen molar-refractivity contribution in [2.45, 2.75) is 39.2 Å². The molecule has 0 spiro atoms. The second-order valence-electron chi connectivity index (χ2n) is 4.98. The summed E-state index contributed by atoms with van der Waals surface area (Å²) in [5, 5.41) is 2.92. The Kier molecular flexibility index (Phi) is 3.82. The highest BCUT2D eigenvalue weighted by Crippen LogP contribution is 2.31. The standard InChI is InChI=1S/C13H21N3O/c1-9-4-5-11(8-10(9)2)17-12-6-7-15-13(14-3)16-12/h6-7,9-11H,4-5,8H2,1-3H3,(H,14,15,16). The fraction of sp³-hybridized carbons (Fsp3) is 0.692. The number of nitrogens with one attached hydrogen (secondary N) is 1. The molecule has 1 aliphatic carbocycles. The first-order valence-corrected chi connectivity index (χ1v) is 6.36. The van der Waals surface area contributed by atoms with E-state index in [1.54, 1.807) is 6.20 Å². The lowest BCUT2D eigenvalue weighted by molar-refractivity contribution is 0.0965. The van der Waals surface area contributed by atoms with Gasteiger partial charge in [-0.3, -0.25) is 0 Å². The molecule has 1 aromatic heterocycles. The van der Waals surface area contributed by atoms with E-state index in [2.05, 4.69) is 29.1 Å². The summed E-state index contributed by atoms with van der Waals surface area (Å²) in [6.07, 6.45) is 5.53. The molecule has 4 heteroatoms. The van der Waals surface area contributed by atoms with E-state index >= 15 is 0 Å². The number of rotatable bonds is 3. The van der Waals surface area contributed by atoms with Crippen molar-refractivity contribution in [1.82, 2.24) is 9.97 Å². The van der Waals surface area contributed by atoms with Crippen molar-refractivity contribution in [2.75, 3.05) is 12.4 Å². The van der Waals surface area contributed by atoms with E-state index in [4.69, 9.17) is 4.74 Å². The van der Waals surface area contributed by atoms with Gasteiger partial charge in [0.1, 0.15) is 6.10 Å². The van der Waals surface area contributed by atoms with E-state index in [1.165, 1.54) is 6.42 Å². The minimum atomic E-state index is 0.306. The monoisotopic (exact) mass is 235 g/mol. The van der Waals surface area contributed by atoms with Crippen LogP contribution in [-0.4, -0.2) is 23.1 Å². The molecular weight excluding hydrogens is 214 g/mol. The summed E-state index contributed by atoms with van der Waals surface area (Å²) in [7, 11) is 1.81. The fourth-order valence-corrected chi connectivity index (χ4v) is 2.30. The summed E-state index contributed by atoms with van der Waals surface area (Å²) >= 11 is 0. The Morgan fingerprint density at radius 2 is 2.12 bits per heavy atom. The van der Waals surface area contributed by atoms with Gasteiger partial charge in [0.2, 0.25) is 11.8 Å². The molecule has 0 aromatic carbocycles. The van der Waals surface area contributed by atoms with E-state index in [0.717, 1.165) is 24.7 Å². The highest BCUT2D eigenvalue weighted by Gasteiger charge is 2.25. The largest absolute Gasteiger partial charge is 0.474 e. The lowest BCUT2D eigenvalue weighted by Gasteiger charge is -2.31. The third-order valence-corrected chi connectivity index (χ3v) is 3.69. The van der Waals surface area contributed by atoms with Crippen molar-refractivity contribution in [1.29, 1.82) is 0 Å². The second-order valence-corrected chi connectivity index (χ2v) is 4.98. The van der Waals surface area contributed by atoms with Crippen LogP contribution < -0.4 is 10.1 Å². The molecule has 4 nitrogen and oxygen atoms in total. The number of nitrogens with zero attached hydrogens (tertiary/aromatic N) is 2. The van der Waals surface area contributed by atoms with Crippen molar-refractivity contribution in [3.8, 4) is 5.88 Å². The molecule has 0 bridgehead atoms. The van der Waals surface area contributed by atoms with Gasteiger partial charge in [-0.25, -0.2) is 4.98 Å². The zero-order valence-corrected chi connectivity index (χ0v) is 10.8. The smallest absolute Gasteiger partial charge is 0.225 e. The Morgan fingerprint density at radius 3 is 2.82 bits per heavy atom. The second kappa shape index (κ2) is 5.34. The number of hydrogen-bond donors (Lipinski definition) is 1. The fourth-order valence-electron chi connectivity index (χ4n) is 2.30. The number of aromatic nitrogens is 2. The molecule has 1 aromatic rings. The van der Waals surface area contributed by atoms with Gasteiger partial charge < -0.3 is 10.1 Å². The van der Waals surface area contributed by atoms with Crippen LogP contribution in [0.2, 0.25) is 0 Å². The highest BCUT2D eigenvalue weighted by molar-refractivity contribution is 5.26. The topological polar surface area (TPSA) is 47.0 Å². The third-order valence-electron chi connectivity index (χ3n) is 3.69. The minimum Gasteiger partial charge on any atom is -0.474 e. The van der Waals surface area contributed by atoms with Gasteiger partial charge in [-0.15, -0.1) is 0 Å². The average molecular weight is 235 g/mol. The summed E-state index contributed by atoms with van der Waals surface area (Å²) in [5.74, 6) is 2.84.